The lowest BCUT2D eigenvalue weighted by Gasteiger charge is -2.15. The number of nitrogens with zero attached hydrogens (tertiary/aromatic N) is 2. The summed E-state index contributed by atoms with van der Waals surface area (Å²) < 4.78 is 7.83. The van der Waals surface area contributed by atoms with Gasteiger partial charge in [-0.25, -0.2) is 0 Å². The molecule has 0 aliphatic heterocycles. The predicted octanol–water partition coefficient (Wildman–Crippen LogP) is 2.08. The van der Waals surface area contributed by atoms with Crippen LogP contribution in [-0.4, -0.2) is 16.8 Å². The third-order valence-electron chi connectivity index (χ3n) is 2.40. The van der Waals surface area contributed by atoms with Crippen molar-refractivity contribution in [2.45, 2.75) is 6.04 Å². The van der Waals surface area contributed by atoms with Gasteiger partial charge in [0.15, 0.2) is 4.67 Å². The highest BCUT2D eigenvalue weighted by molar-refractivity contribution is 9.10. The van der Waals surface area contributed by atoms with Gasteiger partial charge in [0.2, 0.25) is 0 Å². The summed E-state index contributed by atoms with van der Waals surface area (Å²) in [4.78, 5) is 0. The van der Waals surface area contributed by atoms with E-state index in [1.165, 1.54) is 0 Å². The molecule has 80 valence electrons. The number of aromatic nitrogens is 2. The molecule has 0 amide bonds. The van der Waals surface area contributed by atoms with Crippen molar-refractivity contribution < 1.29 is 4.42 Å². The van der Waals surface area contributed by atoms with Crippen molar-refractivity contribution in [3.8, 4) is 0 Å². The number of aryl methyl sites for hydroxylation is 1. The number of furan rings is 1. The first-order valence-corrected chi connectivity index (χ1v) is 5.41. The summed E-state index contributed by atoms with van der Waals surface area (Å²) in [6.45, 7) is 0. The molecule has 1 atom stereocenters. The molecule has 15 heavy (non-hydrogen) atoms. The van der Waals surface area contributed by atoms with Crippen LogP contribution in [0.1, 0.15) is 17.3 Å². The molecule has 0 fully saturated rings. The van der Waals surface area contributed by atoms with E-state index in [4.69, 9.17) is 4.42 Å². The van der Waals surface area contributed by atoms with Crippen molar-refractivity contribution in [1.82, 2.24) is 15.1 Å². The molecule has 1 unspecified atom stereocenters. The van der Waals surface area contributed by atoms with Gasteiger partial charge in [-0.3, -0.25) is 4.68 Å². The Morgan fingerprint density at radius 2 is 2.33 bits per heavy atom. The number of hydrogen-bond donors (Lipinski definition) is 1. The molecule has 2 heterocycles. The Kier molecular flexibility index (Phi) is 2.93. The zero-order valence-electron chi connectivity index (χ0n) is 8.57. The molecule has 0 radical (unpaired) electrons. The molecule has 2 aromatic heterocycles. The Morgan fingerprint density at radius 1 is 1.53 bits per heavy atom. The number of rotatable bonds is 3. The van der Waals surface area contributed by atoms with Crippen LogP contribution < -0.4 is 5.32 Å². The summed E-state index contributed by atoms with van der Waals surface area (Å²) in [5.74, 6) is 0. The Morgan fingerprint density at radius 3 is 2.80 bits per heavy atom. The summed E-state index contributed by atoms with van der Waals surface area (Å²) in [5, 5.41) is 7.39. The van der Waals surface area contributed by atoms with Gasteiger partial charge in [-0.1, -0.05) is 0 Å². The van der Waals surface area contributed by atoms with Gasteiger partial charge >= 0.3 is 0 Å². The van der Waals surface area contributed by atoms with Crippen molar-refractivity contribution >= 4 is 15.9 Å². The molecule has 0 saturated carbocycles. The van der Waals surface area contributed by atoms with E-state index in [-0.39, 0.29) is 6.04 Å². The van der Waals surface area contributed by atoms with Crippen LogP contribution in [0.5, 0.6) is 0 Å². The van der Waals surface area contributed by atoms with E-state index in [1.807, 2.05) is 30.9 Å². The largest absolute Gasteiger partial charge is 0.457 e. The average molecular weight is 270 g/mol. The highest BCUT2D eigenvalue weighted by Gasteiger charge is 2.19. The molecule has 0 aromatic carbocycles. The normalized spacial score (nSPS) is 13.0. The first kappa shape index (κ1) is 10.4. The van der Waals surface area contributed by atoms with Crippen molar-refractivity contribution in [2.24, 2.45) is 7.05 Å². The van der Waals surface area contributed by atoms with Crippen LogP contribution in [0.25, 0.3) is 0 Å². The molecule has 2 rings (SSSR count). The molecule has 0 aliphatic rings. The van der Waals surface area contributed by atoms with Crippen molar-refractivity contribution in [3.05, 3.63) is 40.5 Å². The molecule has 5 heteroatoms. The highest BCUT2D eigenvalue weighted by Crippen LogP contribution is 2.28. The second-order valence-electron chi connectivity index (χ2n) is 3.25. The molecule has 4 nitrogen and oxygen atoms in total. The summed E-state index contributed by atoms with van der Waals surface area (Å²) in [7, 11) is 3.84. The molecule has 1 N–H and O–H groups in total. The summed E-state index contributed by atoms with van der Waals surface area (Å²) in [5.41, 5.74) is 2.17. The standard InChI is InChI=1S/C10H12BrN3O/c1-12-9(7-4-6-15-10(7)11)8-3-5-13-14(8)2/h3-6,9,12H,1-2H3. The van der Waals surface area contributed by atoms with E-state index in [2.05, 4.69) is 26.3 Å². The van der Waals surface area contributed by atoms with E-state index in [0.717, 1.165) is 15.9 Å². The second-order valence-corrected chi connectivity index (χ2v) is 3.97. The highest BCUT2D eigenvalue weighted by atomic mass is 79.9. The quantitative estimate of drug-likeness (QED) is 0.928. The second kappa shape index (κ2) is 4.20. The van der Waals surface area contributed by atoms with E-state index < -0.39 is 0 Å². The van der Waals surface area contributed by atoms with E-state index in [0.29, 0.717) is 0 Å². The lowest BCUT2D eigenvalue weighted by molar-refractivity contribution is 0.525. The van der Waals surface area contributed by atoms with Crippen LogP contribution in [0.3, 0.4) is 0 Å². The zero-order valence-corrected chi connectivity index (χ0v) is 10.2. The van der Waals surface area contributed by atoms with Crippen LogP contribution in [-0.2, 0) is 7.05 Å². The van der Waals surface area contributed by atoms with Gasteiger partial charge < -0.3 is 9.73 Å². The van der Waals surface area contributed by atoms with Crippen LogP contribution in [0, 0.1) is 0 Å². The number of hydrogen-bond acceptors (Lipinski definition) is 3. The van der Waals surface area contributed by atoms with Crippen molar-refractivity contribution in [1.29, 1.82) is 0 Å². The van der Waals surface area contributed by atoms with Crippen molar-refractivity contribution in [3.63, 3.8) is 0 Å². The van der Waals surface area contributed by atoms with E-state index >= 15 is 0 Å². The smallest absolute Gasteiger partial charge is 0.174 e. The first-order valence-electron chi connectivity index (χ1n) is 4.62. The molecule has 0 aliphatic carbocycles. The van der Waals surface area contributed by atoms with Crippen LogP contribution in [0.4, 0.5) is 0 Å². The van der Waals surface area contributed by atoms with Crippen LogP contribution >= 0.6 is 15.9 Å². The topological polar surface area (TPSA) is 43.0 Å². The van der Waals surface area contributed by atoms with Gasteiger partial charge in [0.1, 0.15) is 0 Å². The van der Waals surface area contributed by atoms with Gasteiger partial charge in [0.05, 0.1) is 18.0 Å². The third-order valence-corrected chi connectivity index (χ3v) is 3.05. The Bertz CT molecular complexity index is 409. The zero-order chi connectivity index (χ0) is 10.8. The van der Waals surface area contributed by atoms with E-state index in [9.17, 15) is 0 Å². The Balaban J connectivity index is 2.41. The minimum Gasteiger partial charge on any atom is -0.457 e. The van der Waals surface area contributed by atoms with Gasteiger partial charge in [0.25, 0.3) is 0 Å². The number of halogens is 1. The minimum absolute atomic E-state index is 0.0885. The fraction of sp³-hybridized carbons (Fsp3) is 0.300. The molecule has 2 aromatic rings. The predicted molar refractivity (Wildman–Crippen MR) is 60.5 cm³/mol. The summed E-state index contributed by atoms with van der Waals surface area (Å²) in [6.07, 6.45) is 3.45. The number of nitrogens with one attached hydrogen (secondary N) is 1. The fourth-order valence-corrected chi connectivity index (χ4v) is 2.11. The van der Waals surface area contributed by atoms with Gasteiger partial charge in [-0.05, 0) is 35.1 Å². The summed E-state index contributed by atoms with van der Waals surface area (Å²) >= 11 is 3.38. The minimum atomic E-state index is 0.0885. The van der Waals surface area contributed by atoms with Gasteiger partial charge in [0, 0.05) is 18.8 Å². The lowest BCUT2D eigenvalue weighted by atomic mass is 10.1. The van der Waals surface area contributed by atoms with Crippen LogP contribution in [0.2, 0.25) is 0 Å². The third kappa shape index (κ3) is 1.85. The monoisotopic (exact) mass is 269 g/mol. The van der Waals surface area contributed by atoms with Gasteiger partial charge in [-0.15, -0.1) is 0 Å². The Labute approximate surface area is 96.4 Å². The van der Waals surface area contributed by atoms with Gasteiger partial charge in [-0.2, -0.15) is 5.10 Å². The maximum absolute atomic E-state index is 5.23. The van der Waals surface area contributed by atoms with Crippen LogP contribution in [0.15, 0.2) is 33.7 Å². The average Bonchev–Trinajstić information content (AvgIpc) is 2.80. The maximum Gasteiger partial charge on any atom is 0.174 e. The molecular weight excluding hydrogens is 258 g/mol. The molecule has 0 spiro atoms. The van der Waals surface area contributed by atoms with E-state index in [1.54, 1.807) is 12.5 Å². The fourth-order valence-electron chi connectivity index (χ4n) is 1.64. The SMILES string of the molecule is CNC(c1ccoc1Br)c1ccnn1C. The molecule has 0 bridgehead atoms. The lowest BCUT2D eigenvalue weighted by Crippen LogP contribution is -2.20. The maximum atomic E-state index is 5.23. The summed E-state index contributed by atoms with van der Waals surface area (Å²) in [6, 6.07) is 4.02. The van der Waals surface area contributed by atoms with Crippen molar-refractivity contribution in [2.75, 3.05) is 7.05 Å². The first-order chi connectivity index (χ1) is 7.24. The Hall–Kier alpha value is -1.07. The molecule has 0 saturated heterocycles. The molecular formula is C10H12BrN3O.